The molecule has 0 saturated heterocycles. The molecule has 3 rings (SSSR count). The molecule has 3 nitrogen and oxygen atoms in total. The van der Waals surface area contributed by atoms with Crippen molar-refractivity contribution in [3.8, 4) is 0 Å². The molecule has 0 unspecified atom stereocenters. The molecule has 0 aliphatic carbocycles. The molecule has 0 amide bonds. The number of pyridine rings is 1. The van der Waals surface area contributed by atoms with Crippen LogP contribution < -0.4 is 0 Å². The maximum atomic E-state index is 8.38. The molecule has 36 heavy (non-hydrogen) atoms. The Morgan fingerprint density at radius 3 is 1.14 bits per heavy atom. The highest BCUT2D eigenvalue weighted by molar-refractivity contribution is 6.02. The van der Waals surface area contributed by atoms with E-state index >= 15 is 0 Å². The first-order valence-electron chi connectivity index (χ1n) is 15.8. The number of rotatable bonds is 8. The van der Waals surface area contributed by atoms with Crippen molar-refractivity contribution in [1.82, 2.24) is 4.98 Å². The Bertz CT molecular complexity index is 1300. The van der Waals surface area contributed by atoms with Crippen LogP contribution in [0.5, 0.6) is 0 Å². The van der Waals surface area contributed by atoms with Crippen LogP contribution in [0, 0.1) is 0 Å². The van der Waals surface area contributed by atoms with Crippen LogP contribution in [-0.4, -0.2) is 16.4 Å². The molecule has 1 aromatic heterocycles. The lowest BCUT2D eigenvalue weighted by Crippen LogP contribution is -2.06. The Morgan fingerprint density at radius 1 is 0.556 bits per heavy atom. The van der Waals surface area contributed by atoms with E-state index in [4.69, 9.17) is 18.2 Å². The zero-order chi connectivity index (χ0) is 31.6. The van der Waals surface area contributed by atoms with Crippen LogP contribution in [0.25, 0.3) is 0 Å². The third-order valence-electron chi connectivity index (χ3n) is 6.37. The zero-order valence-electron chi connectivity index (χ0n) is 28.8. The van der Waals surface area contributed by atoms with Crippen molar-refractivity contribution in [2.45, 2.75) is 92.8 Å². The van der Waals surface area contributed by atoms with Crippen molar-refractivity contribution >= 4 is 22.8 Å². The summed E-state index contributed by atoms with van der Waals surface area (Å²) in [6.45, 7) is 11.2. The Balaban J connectivity index is 2.34. The number of hydrogen-bond donors (Lipinski definition) is 0. The van der Waals surface area contributed by atoms with Gasteiger partial charge in [0.15, 0.2) is 0 Å². The first kappa shape index (κ1) is 20.0. The molecule has 2 aromatic carbocycles. The molecule has 0 radical (unpaired) electrons. The quantitative estimate of drug-likeness (QED) is 0.291. The minimum Gasteiger partial charge on any atom is -0.251 e. The molecule has 0 N–H and O–H groups in total. The molecule has 3 aromatic rings. The second-order valence-electron chi connectivity index (χ2n) is 10.5. The van der Waals surface area contributed by atoms with Gasteiger partial charge < -0.3 is 0 Å². The highest BCUT2D eigenvalue weighted by atomic mass is 14.8. The van der Waals surface area contributed by atoms with Gasteiger partial charge in [0, 0.05) is 8.22 Å². The second-order valence-corrected chi connectivity index (χ2v) is 10.5. The van der Waals surface area contributed by atoms with Crippen molar-refractivity contribution in [2.24, 2.45) is 9.98 Å². The molecular weight excluding hydrogens is 438 g/mol. The van der Waals surface area contributed by atoms with Crippen LogP contribution in [0.15, 0.2) is 64.6 Å². The molecule has 190 valence electrons. The summed E-state index contributed by atoms with van der Waals surface area (Å²) in [5.41, 5.74) is 4.83. The van der Waals surface area contributed by atoms with Gasteiger partial charge in [0.2, 0.25) is 0 Å². The molecular formula is C33H43N3. The van der Waals surface area contributed by atoms with Crippen LogP contribution in [0.3, 0.4) is 0 Å². The van der Waals surface area contributed by atoms with Crippen molar-refractivity contribution in [3.63, 3.8) is 0 Å². The predicted octanol–water partition coefficient (Wildman–Crippen LogP) is 9.86. The first-order valence-corrected chi connectivity index (χ1v) is 12.8. The van der Waals surface area contributed by atoms with Crippen LogP contribution in [-0.2, 0) is 0 Å². The topological polar surface area (TPSA) is 37.6 Å². The average Bonchev–Trinajstić information content (AvgIpc) is 2.88. The fourth-order valence-corrected chi connectivity index (χ4v) is 4.32. The third-order valence-corrected chi connectivity index (χ3v) is 6.37. The summed E-state index contributed by atoms with van der Waals surface area (Å²) in [6, 6.07) is 16.6. The fourth-order valence-electron chi connectivity index (χ4n) is 4.32. The average molecular weight is 488 g/mol. The van der Waals surface area contributed by atoms with Gasteiger partial charge >= 0.3 is 0 Å². The number of para-hydroxylation sites is 2. The Labute approximate surface area is 227 Å². The number of hydrogen-bond acceptors (Lipinski definition) is 3. The van der Waals surface area contributed by atoms with Crippen molar-refractivity contribution < 1.29 is 8.22 Å². The lowest BCUT2D eigenvalue weighted by atomic mass is 9.93. The van der Waals surface area contributed by atoms with E-state index in [2.05, 4.69) is 4.98 Å². The van der Waals surface area contributed by atoms with Gasteiger partial charge in [-0.2, -0.15) is 0 Å². The van der Waals surface area contributed by atoms with E-state index < -0.39 is 13.7 Å². The van der Waals surface area contributed by atoms with Crippen LogP contribution in [0.4, 0.5) is 11.4 Å². The van der Waals surface area contributed by atoms with E-state index in [9.17, 15) is 0 Å². The van der Waals surface area contributed by atoms with E-state index in [0.29, 0.717) is 11.4 Å². The number of nitrogens with zero attached hydrogens (tertiary/aromatic N) is 3. The summed E-state index contributed by atoms with van der Waals surface area (Å²) in [5, 5.41) is 0. The van der Waals surface area contributed by atoms with Gasteiger partial charge in [-0.25, -0.2) is 4.98 Å². The van der Waals surface area contributed by atoms with E-state index in [1.54, 1.807) is 18.2 Å². The second kappa shape index (κ2) is 11.8. The molecule has 0 fully saturated rings. The first-order chi connectivity index (χ1) is 19.4. The Hall–Kier alpha value is -3.07. The van der Waals surface area contributed by atoms with Gasteiger partial charge in [-0.3, -0.25) is 9.98 Å². The minimum atomic E-state index is -2.60. The van der Waals surface area contributed by atoms with Gasteiger partial charge in [-0.15, -0.1) is 0 Å². The summed E-state index contributed by atoms with van der Waals surface area (Å²) in [4.78, 5) is 14.2. The molecule has 0 aliphatic heterocycles. The summed E-state index contributed by atoms with van der Waals surface area (Å²) in [6.07, 6.45) is 0. The van der Waals surface area contributed by atoms with Crippen molar-refractivity contribution in [1.29, 1.82) is 0 Å². The minimum absolute atomic E-state index is 0.0962. The zero-order valence-corrected chi connectivity index (χ0v) is 22.8. The SMILES string of the molecule is [2H]C([2H])([2H])C(=Nc1c(C(C)C)cccc1C(C)C)c1cccc(C(=Nc2c(C(C)C)cccc2C(C)C)C([2H])([2H])[2H])n1. The van der Waals surface area contributed by atoms with Gasteiger partial charge in [0.25, 0.3) is 0 Å². The molecule has 0 spiro atoms. The highest BCUT2D eigenvalue weighted by Gasteiger charge is 2.16. The van der Waals surface area contributed by atoms with Gasteiger partial charge in [-0.1, -0.05) is 97.9 Å². The van der Waals surface area contributed by atoms with Crippen LogP contribution in [0.2, 0.25) is 0 Å². The standard InChI is InChI=1S/C33H43N3/c1-20(2)26-14-11-15-27(21(3)4)32(26)34-24(9)30-18-13-19-31(36-30)25(10)35-33-28(22(5)6)16-12-17-29(33)23(7)8/h11-23H,1-10H3/i9D3,10D3. The molecule has 3 heteroatoms. The maximum absolute atomic E-state index is 8.38. The number of benzene rings is 2. The van der Waals surface area contributed by atoms with E-state index in [1.165, 1.54) is 0 Å². The lowest BCUT2D eigenvalue weighted by molar-refractivity contribution is 0.834. The monoisotopic (exact) mass is 487 g/mol. The van der Waals surface area contributed by atoms with Crippen LogP contribution >= 0.6 is 0 Å². The fraction of sp³-hybridized carbons (Fsp3) is 0.424. The molecule has 0 bridgehead atoms. The van der Waals surface area contributed by atoms with E-state index in [-0.39, 0.29) is 46.5 Å². The van der Waals surface area contributed by atoms with Crippen molar-refractivity contribution in [2.75, 3.05) is 0 Å². The molecule has 1 heterocycles. The Kier molecular flexibility index (Phi) is 6.56. The summed E-state index contributed by atoms with van der Waals surface area (Å²) < 4.78 is 50.3. The summed E-state index contributed by atoms with van der Waals surface area (Å²) >= 11 is 0. The van der Waals surface area contributed by atoms with E-state index in [1.807, 2.05) is 91.8 Å². The van der Waals surface area contributed by atoms with Gasteiger partial charge in [0.05, 0.1) is 34.2 Å². The predicted molar refractivity (Wildman–Crippen MR) is 157 cm³/mol. The normalized spacial score (nSPS) is 16.1. The van der Waals surface area contributed by atoms with E-state index in [0.717, 1.165) is 22.3 Å². The lowest BCUT2D eigenvalue weighted by Gasteiger charge is -2.17. The van der Waals surface area contributed by atoms with Gasteiger partial charge in [-0.05, 0) is 71.8 Å². The van der Waals surface area contributed by atoms with Crippen molar-refractivity contribution in [3.05, 3.63) is 88.2 Å². The smallest absolute Gasteiger partial charge is 0.0849 e. The molecule has 0 atom stereocenters. The van der Waals surface area contributed by atoms with Crippen LogP contribution in [0.1, 0.15) is 135 Å². The molecule has 0 saturated carbocycles. The largest absolute Gasteiger partial charge is 0.251 e. The number of aromatic nitrogens is 1. The number of aliphatic imine (C=N–C) groups is 2. The third kappa shape index (κ3) is 6.19. The maximum Gasteiger partial charge on any atom is 0.0849 e. The molecule has 0 aliphatic rings. The highest BCUT2D eigenvalue weighted by Crippen LogP contribution is 2.36. The Morgan fingerprint density at radius 2 is 0.861 bits per heavy atom. The van der Waals surface area contributed by atoms with Gasteiger partial charge in [0.1, 0.15) is 0 Å². The summed E-state index contributed by atoms with van der Waals surface area (Å²) in [5.74, 6) is 0.463. The summed E-state index contributed by atoms with van der Waals surface area (Å²) in [7, 11) is 0.